The van der Waals surface area contributed by atoms with Crippen LogP contribution in [0.4, 0.5) is 16.3 Å². The van der Waals surface area contributed by atoms with Gasteiger partial charge >= 0.3 is 0 Å². The molecule has 0 fully saturated rings. The number of aromatic amines is 1. The number of hydrogen-bond acceptors (Lipinski definition) is 9. The number of nitrogen functional groups attached to an aromatic ring is 1. The second-order valence-corrected chi connectivity index (χ2v) is 7.90. The van der Waals surface area contributed by atoms with Crippen LogP contribution in [0.15, 0.2) is 17.6 Å². The number of fused-ring (bicyclic) bond motifs is 1. The number of halogens is 1. The molecule has 3 aromatic rings. The lowest BCUT2D eigenvalue weighted by atomic mass is 10.1. The van der Waals surface area contributed by atoms with Gasteiger partial charge in [-0.05, 0) is 19.8 Å². The lowest BCUT2D eigenvalue weighted by Gasteiger charge is -2.19. The Morgan fingerprint density at radius 1 is 1.24 bits per heavy atom. The van der Waals surface area contributed by atoms with E-state index < -0.39 is 11.1 Å². The molecule has 0 saturated carbocycles. The first-order chi connectivity index (χ1) is 13.7. The summed E-state index contributed by atoms with van der Waals surface area (Å²) in [5.74, 6) is -1.34. The number of rotatable bonds is 7. The van der Waals surface area contributed by atoms with Crippen LogP contribution in [0.2, 0.25) is 0 Å². The molecule has 0 radical (unpaired) electrons. The van der Waals surface area contributed by atoms with Crippen LogP contribution >= 0.6 is 11.8 Å². The summed E-state index contributed by atoms with van der Waals surface area (Å²) >= 11 is 1.22. The normalized spacial score (nSPS) is 12.5. The number of aromatic nitrogens is 6. The van der Waals surface area contributed by atoms with Gasteiger partial charge in [0.25, 0.3) is 5.88 Å². The monoisotopic (exact) mass is 420 g/mol. The molecule has 10 nitrogen and oxygen atoms in total. The van der Waals surface area contributed by atoms with Gasteiger partial charge in [0, 0.05) is 0 Å². The molecule has 0 aromatic carbocycles. The SMILES string of the molecule is CC(C)Oc1nc(NC(=O)[C@H](Sc2nc(N)nc3nc[nH]c23)C(C)C)ncc1F. The minimum absolute atomic E-state index is 0.0489. The number of amides is 1. The molecule has 29 heavy (non-hydrogen) atoms. The standard InChI is InChI=1S/C17H21FN8O2S/c1-7(2)11(29-15-10-12(22-6-21-10)23-16(19)26-15)13(27)24-17-20-5-9(18)14(25-17)28-8(3)4/h5-8,11H,1-4H3,(H,20,24,25,27)(H3,19,21,22,23,26)/t11-/m1/s1. The van der Waals surface area contributed by atoms with E-state index in [1.54, 1.807) is 13.8 Å². The maximum absolute atomic E-state index is 13.8. The number of carbonyl (C=O) groups excluding carboxylic acids is 1. The van der Waals surface area contributed by atoms with Crippen LogP contribution in [-0.2, 0) is 4.79 Å². The van der Waals surface area contributed by atoms with Crippen molar-refractivity contribution in [2.75, 3.05) is 11.1 Å². The molecule has 0 saturated heterocycles. The summed E-state index contributed by atoms with van der Waals surface area (Å²) in [7, 11) is 0. The van der Waals surface area contributed by atoms with Crippen molar-refractivity contribution < 1.29 is 13.9 Å². The molecule has 0 aliphatic rings. The Hall–Kier alpha value is -3.02. The topological polar surface area (TPSA) is 145 Å². The van der Waals surface area contributed by atoms with Crippen LogP contribution in [0, 0.1) is 11.7 Å². The summed E-state index contributed by atoms with van der Waals surface area (Å²) in [6, 6.07) is 0. The fraction of sp³-hybridized carbons (Fsp3) is 0.412. The summed E-state index contributed by atoms with van der Waals surface area (Å²) in [5.41, 5.74) is 6.75. The number of nitrogens with one attached hydrogen (secondary N) is 2. The number of thioether (sulfide) groups is 1. The Balaban J connectivity index is 1.82. The van der Waals surface area contributed by atoms with Gasteiger partial charge in [0.15, 0.2) is 5.65 Å². The molecule has 0 unspecified atom stereocenters. The van der Waals surface area contributed by atoms with E-state index in [-0.39, 0.29) is 35.7 Å². The van der Waals surface area contributed by atoms with Crippen molar-refractivity contribution in [1.29, 1.82) is 0 Å². The molecule has 154 valence electrons. The Bertz CT molecular complexity index is 1030. The molecule has 0 bridgehead atoms. The van der Waals surface area contributed by atoms with E-state index in [0.717, 1.165) is 6.20 Å². The van der Waals surface area contributed by atoms with E-state index >= 15 is 0 Å². The molecule has 4 N–H and O–H groups in total. The number of anilines is 2. The van der Waals surface area contributed by atoms with Gasteiger partial charge in [0.05, 0.1) is 23.9 Å². The van der Waals surface area contributed by atoms with E-state index in [0.29, 0.717) is 16.2 Å². The quantitative estimate of drug-likeness (QED) is 0.387. The zero-order valence-electron chi connectivity index (χ0n) is 16.3. The van der Waals surface area contributed by atoms with E-state index in [2.05, 4.69) is 35.2 Å². The fourth-order valence-corrected chi connectivity index (χ4v) is 3.51. The second-order valence-electron chi connectivity index (χ2n) is 6.77. The van der Waals surface area contributed by atoms with Gasteiger partial charge in [-0.1, -0.05) is 25.6 Å². The molecule has 3 aromatic heterocycles. The molecule has 3 rings (SSSR count). The van der Waals surface area contributed by atoms with E-state index in [1.165, 1.54) is 18.1 Å². The third-order valence-corrected chi connectivity index (χ3v) is 5.20. The highest BCUT2D eigenvalue weighted by Crippen LogP contribution is 2.31. The van der Waals surface area contributed by atoms with Gasteiger partial charge in [0.2, 0.25) is 23.6 Å². The predicted octanol–water partition coefficient (Wildman–Crippen LogP) is 2.41. The minimum Gasteiger partial charge on any atom is -0.473 e. The van der Waals surface area contributed by atoms with Crippen molar-refractivity contribution >= 4 is 40.7 Å². The zero-order chi connectivity index (χ0) is 21.1. The first kappa shape index (κ1) is 20.7. The highest BCUT2D eigenvalue weighted by molar-refractivity contribution is 8.00. The van der Waals surface area contributed by atoms with Crippen molar-refractivity contribution in [2.45, 2.75) is 44.1 Å². The van der Waals surface area contributed by atoms with Gasteiger partial charge in [-0.3, -0.25) is 10.1 Å². The van der Waals surface area contributed by atoms with E-state index in [1.807, 2.05) is 13.8 Å². The first-order valence-corrected chi connectivity index (χ1v) is 9.76. The molecule has 0 aliphatic heterocycles. The lowest BCUT2D eigenvalue weighted by Crippen LogP contribution is -2.30. The van der Waals surface area contributed by atoms with Crippen molar-refractivity contribution in [3.63, 3.8) is 0 Å². The van der Waals surface area contributed by atoms with Crippen molar-refractivity contribution in [1.82, 2.24) is 29.9 Å². The average molecular weight is 420 g/mol. The Morgan fingerprint density at radius 2 is 2.00 bits per heavy atom. The molecule has 0 aliphatic carbocycles. The van der Waals surface area contributed by atoms with Crippen LogP contribution in [-0.4, -0.2) is 47.2 Å². The number of nitrogens with two attached hydrogens (primary N) is 1. The van der Waals surface area contributed by atoms with Crippen LogP contribution in [0.25, 0.3) is 11.2 Å². The molecular weight excluding hydrogens is 399 g/mol. The number of imidazole rings is 1. The molecule has 1 atom stereocenters. The number of carbonyl (C=O) groups is 1. The average Bonchev–Trinajstić information content (AvgIpc) is 3.09. The van der Waals surface area contributed by atoms with Gasteiger partial charge < -0.3 is 15.5 Å². The third-order valence-electron chi connectivity index (χ3n) is 3.67. The van der Waals surface area contributed by atoms with Gasteiger partial charge in [-0.15, -0.1) is 0 Å². The highest BCUT2D eigenvalue weighted by atomic mass is 32.2. The molecule has 0 spiro atoms. The van der Waals surface area contributed by atoms with Crippen LogP contribution < -0.4 is 15.8 Å². The number of hydrogen-bond donors (Lipinski definition) is 3. The molecule has 3 heterocycles. The summed E-state index contributed by atoms with van der Waals surface area (Å²) in [4.78, 5) is 36.0. The summed E-state index contributed by atoms with van der Waals surface area (Å²) < 4.78 is 19.1. The largest absolute Gasteiger partial charge is 0.473 e. The van der Waals surface area contributed by atoms with Crippen molar-refractivity contribution in [3.05, 3.63) is 18.3 Å². The van der Waals surface area contributed by atoms with Crippen molar-refractivity contribution in [3.8, 4) is 5.88 Å². The maximum atomic E-state index is 13.8. The smallest absolute Gasteiger partial charge is 0.255 e. The van der Waals surface area contributed by atoms with Crippen LogP contribution in [0.5, 0.6) is 5.88 Å². The van der Waals surface area contributed by atoms with E-state index in [4.69, 9.17) is 10.5 Å². The third kappa shape index (κ3) is 4.88. The predicted molar refractivity (Wildman–Crippen MR) is 107 cm³/mol. The lowest BCUT2D eigenvalue weighted by molar-refractivity contribution is -0.116. The maximum Gasteiger partial charge on any atom is 0.255 e. The van der Waals surface area contributed by atoms with Crippen molar-refractivity contribution in [2.24, 2.45) is 5.92 Å². The van der Waals surface area contributed by atoms with Gasteiger partial charge in [-0.2, -0.15) is 14.4 Å². The van der Waals surface area contributed by atoms with Gasteiger partial charge in [-0.25, -0.2) is 15.0 Å². The van der Waals surface area contributed by atoms with Crippen LogP contribution in [0.3, 0.4) is 0 Å². The summed E-state index contributed by atoms with van der Waals surface area (Å²) in [6.07, 6.45) is 2.16. The Kier molecular flexibility index (Phi) is 6.11. The highest BCUT2D eigenvalue weighted by Gasteiger charge is 2.27. The fourth-order valence-electron chi connectivity index (χ4n) is 2.42. The zero-order valence-corrected chi connectivity index (χ0v) is 17.1. The Labute approximate surface area is 170 Å². The molecular formula is C17H21FN8O2S. The first-order valence-electron chi connectivity index (χ1n) is 8.88. The van der Waals surface area contributed by atoms with Gasteiger partial charge in [0.1, 0.15) is 10.5 Å². The summed E-state index contributed by atoms with van der Waals surface area (Å²) in [6.45, 7) is 7.28. The van der Waals surface area contributed by atoms with Crippen LogP contribution in [0.1, 0.15) is 27.7 Å². The number of H-pyrrole nitrogens is 1. The molecule has 1 amide bonds. The second kappa shape index (κ2) is 8.55. The Morgan fingerprint density at radius 3 is 2.69 bits per heavy atom. The summed E-state index contributed by atoms with van der Waals surface area (Å²) in [5, 5.41) is 2.56. The molecule has 12 heteroatoms. The van der Waals surface area contributed by atoms with E-state index in [9.17, 15) is 9.18 Å². The number of nitrogens with zero attached hydrogens (tertiary/aromatic N) is 5. The minimum atomic E-state index is -0.704. The number of ether oxygens (including phenoxy) is 1.